The molecule has 1 aliphatic carbocycles. The topological polar surface area (TPSA) is 124 Å². The Hall–Kier alpha value is -3.66. The van der Waals surface area contributed by atoms with Crippen molar-refractivity contribution < 1.29 is 19.2 Å². The number of carbonyl (C=O) groups excluding carboxylic acids is 4. The van der Waals surface area contributed by atoms with Crippen LogP contribution in [-0.2, 0) is 20.1 Å². The first-order valence-electron chi connectivity index (χ1n) is 12.1. The van der Waals surface area contributed by atoms with E-state index in [1.165, 1.54) is 4.90 Å². The predicted molar refractivity (Wildman–Crippen MR) is 134 cm³/mol. The molecule has 2 heterocycles. The molecular weight excluding hydrogens is 478 g/mol. The molecule has 36 heavy (non-hydrogen) atoms. The van der Waals surface area contributed by atoms with E-state index in [1.807, 2.05) is 36.4 Å². The van der Waals surface area contributed by atoms with Gasteiger partial charge >= 0.3 is 0 Å². The number of thioether (sulfide) groups is 1. The summed E-state index contributed by atoms with van der Waals surface area (Å²) in [7, 11) is 0. The third-order valence-corrected chi connectivity index (χ3v) is 7.71. The molecule has 0 radical (unpaired) electrons. The molecule has 9 nitrogen and oxygen atoms in total. The van der Waals surface area contributed by atoms with E-state index in [4.69, 9.17) is 0 Å². The second-order valence-corrected chi connectivity index (χ2v) is 10.1. The Balaban J connectivity index is 1.06. The zero-order valence-electron chi connectivity index (χ0n) is 19.7. The fraction of sp³-hybridized carbons (Fsp3) is 0.346. The number of nitrogens with one attached hydrogen (secondary N) is 3. The summed E-state index contributed by atoms with van der Waals surface area (Å²) < 4.78 is 0. The van der Waals surface area contributed by atoms with E-state index in [2.05, 4.69) is 20.8 Å². The maximum absolute atomic E-state index is 12.5. The summed E-state index contributed by atoms with van der Waals surface area (Å²) in [6.45, 7) is 0.0317. The molecule has 0 unspecified atom stereocenters. The number of imidazole rings is 1. The van der Waals surface area contributed by atoms with Crippen molar-refractivity contribution in [2.75, 3.05) is 6.54 Å². The molecule has 10 heteroatoms. The minimum atomic E-state index is -0.460. The third-order valence-electron chi connectivity index (χ3n) is 6.77. The standard InChI is InChI=1S/C26H27N5O4S/c32-22(13-14-31-24(34)18-5-1-2-6-19(18)25(31)35)29-30-23(33)17-11-9-16(10-12-17)15-36-26-27-20-7-3-4-8-21(20)28-26/h3-4,7-12,18-19H,1-2,5-6,13-15H2,(H,27,28)(H,29,32)(H,30,33)/t18-,19+. The monoisotopic (exact) mass is 505 g/mol. The summed E-state index contributed by atoms with van der Waals surface area (Å²) in [4.78, 5) is 58.7. The molecule has 2 aromatic carbocycles. The Labute approximate surface area is 212 Å². The molecule has 2 atom stereocenters. The molecule has 4 amide bonds. The SMILES string of the molecule is O=C(CCN1C(=O)[C@H]2CCCC[C@H]2C1=O)NNC(=O)c1ccc(CSc2nc3ccccc3[nH]2)cc1. The summed E-state index contributed by atoms with van der Waals surface area (Å²) in [5.41, 5.74) is 8.11. The van der Waals surface area contributed by atoms with E-state index >= 15 is 0 Å². The van der Waals surface area contributed by atoms with Crippen LogP contribution in [0, 0.1) is 11.8 Å². The van der Waals surface area contributed by atoms with Crippen LogP contribution < -0.4 is 10.9 Å². The highest BCUT2D eigenvalue weighted by atomic mass is 32.2. The molecule has 3 N–H and O–H groups in total. The first-order valence-corrected chi connectivity index (χ1v) is 13.1. The normalized spacial score (nSPS) is 19.4. The number of hydrogen-bond acceptors (Lipinski definition) is 6. The van der Waals surface area contributed by atoms with Crippen LogP contribution in [0.5, 0.6) is 0 Å². The highest BCUT2D eigenvalue weighted by Gasteiger charge is 2.47. The van der Waals surface area contributed by atoms with Gasteiger partial charge in [-0.25, -0.2) is 4.98 Å². The largest absolute Gasteiger partial charge is 0.333 e. The average molecular weight is 506 g/mol. The van der Waals surface area contributed by atoms with E-state index in [0.29, 0.717) is 11.3 Å². The number of hydrogen-bond donors (Lipinski definition) is 3. The van der Waals surface area contributed by atoms with Gasteiger partial charge in [-0.15, -0.1) is 0 Å². The number of carbonyl (C=O) groups is 4. The predicted octanol–water partition coefficient (Wildman–Crippen LogP) is 3.18. The Kier molecular flexibility index (Phi) is 7.04. The summed E-state index contributed by atoms with van der Waals surface area (Å²) in [5.74, 6) is -1.01. The van der Waals surface area contributed by atoms with Gasteiger partial charge in [0, 0.05) is 24.3 Å². The van der Waals surface area contributed by atoms with E-state index in [1.54, 1.807) is 23.9 Å². The lowest BCUT2D eigenvalue weighted by Crippen LogP contribution is -2.43. The van der Waals surface area contributed by atoms with Crippen LogP contribution in [-0.4, -0.2) is 45.0 Å². The van der Waals surface area contributed by atoms with Crippen molar-refractivity contribution >= 4 is 46.4 Å². The lowest BCUT2D eigenvalue weighted by Gasteiger charge is -2.19. The maximum atomic E-state index is 12.5. The Morgan fingerprint density at radius 2 is 1.67 bits per heavy atom. The number of imide groups is 1. The molecular formula is C26H27N5O4S. The lowest BCUT2D eigenvalue weighted by molar-refractivity contribution is -0.140. The Bertz CT molecular complexity index is 1250. The summed E-state index contributed by atoms with van der Waals surface area (Å²) in [5, 5.41) is 0.830. The van der Waals surface area contributed by atoms with Gasteiger partial charge in [0.05, 0.1) is 22.9 Å². The minimum absolute atomic E-state index is 0.0317. The smallest absolute Gasteiger partial charge is 0.269 e. The highest BCUT2D eigenvalue weighted by Crippen LogP contribution is 2.37. The molecule has 2 fully saturated rings. The van der Waals surface area contributed by atoms with Crippen LogP contribution in [0.25, 0.3) is 11.0 Å². The second kappa shape index (κ2) is 10.5. The van der Waals surface area contributed by atoms with Gasteiger partial charge in [-0.05, 0) is 42.7 Å². The molecule has 0 bridgehead atoms. The fourth-order valence-electron chi connectivity index (χ4n) is 4.83. The number of aromatic nitrogens is 2. The number of amides is 4. The van der Waals surface area contributed by atoms with Crippen molar-refractivity contribution in [1.29, 1.82) is 0 Å². The van der Waals surface area contributed by atoms with Crippen LogP contribution >= 0.6 is 11.8 Å². The Morgan fingerprint density at radius 1 is 0.972 bits per heavy atom. The number of aromatic amines is 1. The van der Waals surface area contributed by atoms with Crippen molar-refractivity contribution in [1.82, 2.24) is 25.7 Å². The first-order chi connectivity index (χ1) is 17.5. The lowest BCUT2D eigenvalue weighted by atomic mass is 9.81. The number of nitrogens with zero attached hydrogens (tertiary/aromatic N) is 2. The minimum Gasteiger partial charge on any atom is -0.333 e. The second-order valence-electron chi connectivity index (χ2n) is 9.12. The van der Waals surface area contributed by atoms with Gasteiger partial charge in [0.2, 0.25) is 17.7 Å². The van der Waals surface area contributed by atoms with Crippen molar-refractivity contribution in [3.8, 4) is 0 Å². The van der Waals surface area contributed by atoms with Crippen LogP contribution in [0.4, 0.5) is 0 Å². The van der Waals surface area contributed by atoms with Crippen molar-refractivity contribution in [2.24, 2.45) is 11.8 Å². The quantitative estimate of drug-likeness (QED) is 0.257. The molecule has 0 spiro atoms. The summed E-state index contributed by atoms with van der Waals surface area (Å²) in [6, 6.07) is 15.0. The van der Waals surface area contributed by atoms with Gasteiger partial charge in [-0.1, -0.05) is 48.9 Å². The first kappa shape index (κ1) is 24.1. The Morgan fingerprint density at radius 3 is 2.36 bits per heavy atom. The highest BCUT2D eigenvalue weighted by molar-refractivity contribution is 7.98. The van der Waals surface area contributed by atoms with Gasteiger partial charge in [-0.3, -0.25) is 34.9 Å². The number of hydrazine groups is 1. The average Bonchev–Trinajstić information content (AvgIpc) is 3.43. The van der Waals surface area contributed by atoms with Gasteiger partial charge < -0.3 is 4.98 Å². The van der Waals surface area contributed by atoms with Gasteiger partial charge in [0.15, 0.2) is 5.16 Å². The molecule has 1 saturated carbocycles. The van der Waals surface area contributed by atoms with Crippen molar-refractivity contribution in [2.45, 2.75) is 43.0 Å². The summed E-state index contributed by atoms with van der Waals surface area (Å²) in [6.07, 6.45) is 3.34. The van der Waals surface area contributed by atoms with Gasteiger partial charge in [0.1, 0.15) is 0 Å². The number of para-hydroxylation sites is 2. The third kappa shape index (κ3) is 5.13. The van der Waals surface area contributed by atoms with Crippen LogP contribution in [0.15, 0.2) is 53.7 Å². The number of likely N-dealkylation sites (tertiary alicyclic amines) is 1. The molecule has 5 rings (SSSR count). The molecule has 1 saturated heterocycles. The number of fused-ring (bicyclic) bond motifs is 2. The zero-order valence-corrected chi connectivity index (χ0v) is 20.5. The van der Waals surface area contributed by atoms with E-state index in [0.717, 1.165) is 47.4 Å². The molecule has 2 aliphatic rings. The van der Waals surface area contributed by atoms with E-state index < -0.39 is 11.8 Å². The number of rotatable bonds is 7. The van der Waals surface area contributed by atoms with E-state index in [9.17, 15) is 19.2 Å². The zero-order chi connectivity index (χ0) is 25.1. The molecule has 186 valence electrons. The molecule has 1 aliphatic heterocycles. The van der Waals surface area contributed by atoms with Crippen molar-refractivity contribution in [3.05, 3.63) is 59.7 Å². The summed E-state index contributed by atoms with van der Waals surface area (Å²) >= 11 is 1.57. The number of benzene rings is 2. The van der Waals surface area contributed by atoms with Crippen LogP contribution in [0.1, 0.15) is 48.0 Å². The maximum Gasteiger partial charge on any atom is 0.269 e. The number of H-pyrrole nitrogens is 1. The fourth-order valence-corrected chi connectivity index (χ4v) is 5.67. The van der Waals surface area contributed by atoms with Crippen molar-refractivity contribution in [3.63, 3.8) is 0 Å². The molecule has 1 aromatic heterocycles. The van der Waals surface area contributed by atoms with Crippen LogP contribution in [0.2, 0.25) is 0 Å². The van der Waals surface area contributed by atoms with Crippen LogP contribution in [0.3, 0.4) is 0 Å². The molecule has 3 aromatic rings. The van der Waals surface area contributed by atoms with E-state index in [-0.39, 0.29) is 36.6 Å². The van der Waals surface area contributed by atoms with Gasteiger partial charge in [0.25, 0.3) is 5.91 Å². The van der Waals surface area contributed by atoms with Gasteiger partial charge in [-0.2, -0.15) is 0 Å².